The van der Waals surface area contributed by atoms with Crippen molar-refractivity contribution in [2.75, 3.05) is 26.2 Å². The number of piperidine rings is 1. The van der Waals surface area contributed by atoms with Gasteiger partial charge in [0.2, 0.25) is 17.7 Å². The highest BCUT2D eigenvalue weighted by atomic mass is 19.1. The maximum absolute atomic E-state index is 14.1. The number of hydrogen-bond donors (Lipinski definition) is 4. The molecule has 4 N–H and O–H groups in total. The molecule has 0 spiro atoms. The number of halogens is 1. The third-order valence-electron chi connectivity index (χ3n) is 9.49. The fourth-order valence-corrected chi connectivity index (χ4v) is 7.19. The van der Waals surface area contributed by atoms with Crippen LogP contribution in [0.4, 0.5) is 4.39 Å². The van der Waals surface area contributed by atoms with Crippen molar-refractivity contribution in [1.82, 2.24) is 26.2 Å². The van der Waals surface area contributed by atoms with E-state index in [4.69, 9.17) is 0 Å². The number of benzene rings is 1. The van der Waals surface area contributed by atoms with Crippen molar-refractivity contribution >= 4 is 17.7 Å². The molecule has 3 atom stereocenters. The van der Waals surface area contributed by atoms with Gasteiger partial charge >= 0.3 is 0 Å². The molecule has 234 valence electrons. The van der Waals surface area contributed by atoms with Gasteiger partial charge in [-0.25, -0.2) is 4.39 Å². The maximum Gasteiger partial charge on any atom is 0.245 e. The predicted octanol–water partition coefficient (Wildman–Crippen LogP) is 3.54. The smallest absolute Gasteiger partial charge is 0.245 e. The Labute approximate surface area is 251 Å². The molecule has 3 fully saturated rings. The molecule has 2 saturated heterocycles. The fourth-order valence-electron chi connectivity index (χ4n) is 7.19. The van der Waals surface area contributed by atoms with Crippen LogP contribution in [0.3, 0.4) is 0 Å². The zero-order valence-electron chi connectivity index (χ0n) is 26.2. The summed E-state index contributed by atoms with van der Waals surface area (Å²) in [4.78, 5) is 43.3. The Balaban J connectivity index is 1.52. The van der Waals surface area contributed by atoms with E-state index >= 15 is 0 Å². The Hall–Kier alpha value is -2.52. The monoisotopic (exact) mass is 585 g/mol. The number of nitrogens with zero attached hydrogens (tertiary/aromatic N) is 1. The van der Waals surface area contributed by atoms with Gasteiger partial charge in [-0.3, -0.25) is 14.4 Å². The standard InChI is InChI=1S/C33H52FN5O3/c1-22(2)27-28(36-18-17-35-27)29(40)37-26(21-23-11-13-25(34)14-12-23)30(41)39-19-15-33(16-20-39,24-9-7-6-8-10-24)31(42)38-32(3,4)5/h11-14,22,24,26-28,35-36H,6-10,15-21H2,1-5H3,(H,37,40)(H,38,42)/t26-,27?,28?/m1/s1. The van der Waals surface area contributed by atoms with Gasteiger partial charge < -0.3 is 26.2 Å². The lowest BCUT2D eigenvalue weighted by molar-refractivity contribution is -0.147. The van der Waals surface area contributed by atoms with Crippen molar-refractivity contribution in [2.24, 2.45) is 17.3 Å². The summed E-state index contributed by atoms with van der Waals surface area (Å²) in [5.41, 5.74) is -0.0302. The van der Waals surface area contributed by atoms with Gasteiger partial charge in [-0.15, -0.1) is 0 Å². The van der Waals surface area contributed by atoms with E-state index in [1.54, 1.807) is 12.1 Å². The first-order valence-electron chi connectivity index (χ1n) is 16.0. The minimum Gasteiger partial charge on any atom is -0.351 e. The summed E-state index contributed by atoms with van der Waals surface area (Å²) in [6.07, 6.45) is 7.11. The molecule has 1 aromatic rings. The third-order valence-corrected chi connectivity index (χ3v) is 9.49. The summed E-state index contributed by atoms with van der Waals surface area (Å²) < 4.78 is 13.6. The van der Waals surface area contributed by atoms with Crippen LogP contribution >= 0.6 is 0 Å². The molecule has 42 heavy (non-hydrogen) atoms. The van der Waals surface area contributed by atoms with E-state index in [1.807, 2.05) is 25.7 Å². The minimum absolute atomic E-state index is 0.0484. The summed E-state index contributed by atoms with van der Waals surface area (Å²) in [7, 11) is 0. The molecule has 3 amide bonds. The van der Waals surface area contributed by atoms with Crippen molar-refractivity contribution in [1.29, 1.82) is 0 Å². The fraction of sp³-hybridized carbons (Fsp3) is 0.727. The average Bonchev–Trinajstić information content (AvgIpc) is 2.97. The molecule has 1 aromatic carbocycles. The Kier molecular flexibility index (Phi) is 10.7. The van der Waals surface area contributed by atoms with Gasteiger partial charge in [0.15, 0.2) is 0 Å². The lowest BCUT2D eigenvalue weighted by Crippen LogP contribution is -2.65. The number of likely N-dealkylation sites (tertiary alicyclic amines) is 1. The van der Waals surface area contributed by atoms with Crippen LogP contribution in [0.15, 0.2) is 24.3 Å². The topological polar surface area (TPSA) is 103 Å². The third kappa shape index (κ3) is 7.90. The van der Waals surface area contributed by atoms with E-state index in [9.17, 15) is 18.8 Å². The van der Waals surface area contributed by atoms with Gasteiger partial charge in [0.25, 0.3) is 0 Å². The lowest BCUT2D eigenvalue weighted by Gasteiger charge is -2.48. The molecule has 1 aliphatic carbocycles. The highest BCUT2D eigenvalue weighted by molar-refractivity contribution is 5.91. The zero-order valence-corrected chi connectivity index (χ0v) is 26.2. The first-order chi connectivity index (χ1) is 19.9. The Bertz CT molecular complexity index is 1070. The van der Waals surface area contributed by atoms with Crippen LogP contribution in [0.25, 0.3) is 0 Å². The number of amides is 3. The first-order valence-corrected chi connectivity index (χ1v) is 16.0. The van der Waals surface area contributed by atoms with Crippen molar-refractivity contribution in [3.05, 3.63) is 35.6 Å². The Morgan fingerprint density at radius 3 is 2.21 bits per heavy atom. The summed E-state index contributed by atoms with van der Waals surface area (Å²) in [6, 6.07) is 4.81. The summed E-state index contributed by atoms with van der Waals surface area (Å²) in [5, 5.41) is 13.1. The van der Waals surface area contributed by atoms with Gasteiger partial charge in [-0.2, -0.15) is 0 Å². The molecule has 2 heterocycles. The van der Waals surface area contributed by atoms with Crippen LogP contribution in [-0.2, 0) is 20.8 Å². The molecule has 4 rings (SSSR count). The van der Waals surface area contributed by atoms with Crippen LogP contribution in [0.1, 0.15) is 85.1 Å². The van der Waals surface area contributed by atoms with E-state index < -0.39 is 17.5 Å². The molecule has 2 unspecified atom stereocenters. The minimum atomic E-state index is -0.787. The molecule has 0 aromatic heterocycles. The molecule has 0 radical (unpaired) electrons. The van der Waals surface area contributed by atoms with E-state index in [2.05, 4.69) is 35.1 Å². The molecule has 9 heteroatoms. The number of rotatable bonds is 8. The lowest BCUT2D eigenvalue weighted by atomic mass is 9.63. The van der Waals surface area contributed by atoms with Gasteiger partial charge in [-0.05, 0) is 76.0 Å². The van der Waals surface area contributed by atoms with E-state index in [0.717, 1.165) is 37.8 Å². The largest absolute Gasteiger partial charge is 0.351 e. The molecule has 0 bridgehead atoms. The second kappa shape index (κ2) is 13.8. The van der Waals surface area contributed by atoms with E-state index in [1.165, 1.54) is 18.6 Å². The van der Waals surface area contributed by atoms with Crippen LogP contribution in [0, 0.1) is 23.1 Å². The number of carbonyl (C=O) groups excluding carboxylic acids is 3. The summed E-state index contributed by atoms with van der Waals surface area (Å²) >= 11 is 0. The molecular formula is C33H52FN5O3. The normalized spacial score (nSPS) is 24.2. The summed E-state index contributed by atoms with van der Waals surface area (Å²) in [6.45, 7) is 12.6. The van der Waals surface area contributed by atoms with Crippen molar-refractivity contribution in [2.45, 2.75) is 110 Å². The molecule has 8 nitrogen and oxygen atoms in total. The van der Waals surface area contributed by atoms with E-state index in [0.29, 0.717) is 38.4 Å². The maximum atomic E-state index is 14.1. The molecule has 1 saturated carbocycles. The van der Waals surface area contributed by atoms with Crippen LogP contribution in [0.2, 0.25) is 0 Å². The second-order valence-corrected chi connectivity index (χ2v) is 14.1. The van der Waals surface area contributed by atoms with Crippen molar-refractivity contribution in [3.8, 4) is 0 Å². The van der Waals surface area contributed by atoms with Gasteiger partial charge in [0.1, 0.15) is 17.9 Å². The average molecular weight is 586 g/mol. The SMILES string of the molecule is CC(C)C1NCCNC1C(=O)N[C@H](Cc1ccc(F)cc1)C(=O)N1CCC(C(=O)NC(C)(C)C)(C2CCCCC2)CC1. The number of hydrogen-bond acceptors (Lipinski definition) is 5. The van der Waals surface area contributed by atoms with Crippen LogP contribution in [-0.4, -0.2) is 72.5 Å². The van der Waals surface area contributed by atoms with E-state index in [-0.39, 0.29) is 47.5 Å². The summed E-state index contributed by atoms with van der Waals surface area (Å²) in [5.74, 6) is -0.0368. The molecule has 3 aliphatic rings. The predicted molar refractivity (Wildman–Crippen MR) is 163 cm³/mol. The molecule has 2 aliphatic heterocycles. The highest BCUT2D eigenvalue weighted by Crippen LogP contribution is 2.46. The zero-order chi connectivity index (χ0) is 30.5. The Morgan fingerprint density at radius 2 is 1.62 bits per heavy atom. The number of piperazine rings is 1. The van der Waals surface area contributed by atoms with Crippen LogP contribution in [0.5, 0.6) is 0 Å². The highest BCUT2D eigenvalue weighted by Gasteiger charge is 2.49. The van der Waals surface area contributed by atoms with Gasteiger partial charge in [0.05, 0.1) is 5.41 Å². The van der Waals surface area contributed by atoms with Crippen LogP contribution < -0.4 is 21.3 Å². The first kappa shape index (κ1) is 32.4. The Morgan fingerprint density at radius 1 is 1.00 bits per heavy atom. The van der Waals surface area contributed by atoms with Gasteiger partial charge in [0, 0.05) is 44.2 Å². The number of nitrogens with one attached hydrogen (secondary N) is 4. The van der Waals surface area contributed by atoms with Gasteiger partial charge in [-0.1, -0.05) is 45.2 Å². The van der Waals surface area contributed by atoms with Crippen molar-refractivity contribution in [3.63, 3.8) is 0 Å². The number of carbonyl (C=O) groups is 3. The second-order valence-electron chi connectivity index (χ2n) is 14.1. The van der Waals surface area contributed by atoms with Crippen molar-refractivity contribution < 1.29 is 18.8 Å². The quantitative estimate of drug-likeness (QED) is 0.374. The molecular weight excluding hydrogens is 533 g/mol.